The molecule has 2 aromatic heterocycles. The molecule has 0 radical (unpaired) electrons. The van der Waals surface area contributed by atoms with Crippen LogP contribution < -0.4 is 10.1 Å². The van der Waals surface area contributed by atoms with Gasteiger partial charge in [0.1, 0.15) is 11.6 Å². The Hall–Kier alpha value is -3.78. The Bertz CT molecular complexity index is 1310. The van der Waals surface area contributed by atoms with Crippen molar-refractivity contribution in [1.29, 1.82) is 0 Å². The van der Waals surface area contributed by atoms with E-state index in [1.54, 1.807) is 19.2 Å². The highest BCUT2D eigenvalue weighted by Gasteiger charge is 2.23. The summed E-state index contributed by atoms with van der Waals surface area (Å²) in [5.41, 5.74) is 2.86. The molecule has 1 aliphatic heterocycles. The first-order valence-electron chi connectivity index (χ1n) is 11.5. The summed E-state index contributed by atoms with van der Waals surface area (Å²) in [4.78, 5) is 19.7. The third-order valence-corrected chi connectivity index (χ3v) is 6.34. The standard InChI is InChI=1S/C26H28N6O2/c1-18(28-26(33)19-6-3-8-21(16-19)34-2)25-30-29-24-11-13-31(14-15-32(24)25)17-20-7-4-10-23-22(20)9-5-12-27-23/h3-10,12,16,18H,11,13-15,17H2,1-2H3,(H,28,33). The minimum Gasteiger partial charge on any atom is -0.497 e. The van der Waals surface area contributed by atoms with Crippen LogP contribution in [-0.4, -0.2) is 50.8 Å². The number of ether oxygens (including phenoxy) is 1. The van der Waals surface area contributed by atoms with E-state index in [-0.39, 0.29) is 11.9 Å². The molecule has 2 aromatic carbocycles. The fraction of sp³-hybridized carbons (Fsp3) is 0.308. The maximum absolute atomic E-state index is 12.8. The molecule has 1 amide bonds. The van der Waals surface area contributed by atoms with Crippen LogP contribution in [0.1, 0.15) is 40.5 Å². The molecule has 8 heteroatoms. The summed E-state index contributed by atoms with van der Waals surface area (Å²) in [6, 6.07) is 17.3. The summed E-state index contributed by atoms with van der Waals surface area (Å²) < 4.78 is 7.39. The molecular formula is C26H28N6O2. The van der Waals surface area contributed by atoms with Gasteiger partial charge >= 0.3 is 0 Å². The highest BCUT2D eigenvalue weighted by atomic mass is 16.5. The lowest BCUT2D eigenvalue weighted by Gasteiger charge is -2.21. The summed E-state index contributed by atoms with van der Waals surface area (Å²) in [7, 11) is 1.59. The van der Waals surface area contributed by atoms with E-state index >= 15 is 0 Å². The Kier molecular flexibility index (Phi) is 6.22. The van der Waals surface area contributed by atoms with Gasteiger partial charge in [0.25, 0.3) is 5.91 Å². The lowest BCUT2D eigenvalue weighted by molar-refractivity contribution is 0.0937. The minimum atomic E-state index is -0.268. The van der Waals surface area contributed by atoms with Gasteiger partial charge in [0.05, 0.1) is 18.7 Å². The quantitative estimate of drug-likeness (QED) is 0.479. The summed E-state index contributed by atoms with van der Waals surface area (Å²) in [6.07, 6.45) is 2.65. The van der Waals surface area contributed by atoms with Crippen molar-refractivity contribution in [2.24, 2.45) is 0 Å². The van der Waals surface area contributed by atoms with Crippen molar-refractivity contribution in [3.8, 4) is 5.75 Å². The first kappa shape index (κ1) is 22.0. The van der Waals surface area contributed by atoms with E-state index in [1.165, 1.54) is 10.9 Å². The number of amides is 1. The summed E-state index contributed by atoms with van der Waals surface area (Å²) in [5.74, 6) is 2.23. The second kappa shape index (κ2) is 9.61. The van der Waals surface area contributed by atoms with Crippen molar-refractivity contribution < 1.29 is 9.53 Å². The molecule has 3 heterocycles. The normalized spacial score (nSPS) is 14.9. The van der Waals surface area contributed by atoms with Crippen LogP contribution in [0.5, 0.6) is 5.75 Å². The summed E-state index contributed by atoms with van der Waals surface area (Å²) >= 11 is 0. The van der Waals surface area contributed by atoms with Gasteiger partial charge in [0.15, 0.2) is 5.82 Å². The van der Waals surface area contributed by atoms with Crippen molar-refractivity contribution >= 4 is 16.8 Å². The van der Waals surface area contributed by atoms with E-state index in [2.05, 4.69) is 54.2 Å². The maximum Gasteiger partial charge on any atom is 0.251 e. The first-order chi connectivity index (χ1) is 16.6. The highest BCUT2D eigenvalue weighted by Crippen LogP contribution is 2.21. The molecule has 0 saturated carbocycles. The molecule has 0 fully saturated rings. The molecule has 4 aromatic rings. The fourth-order valence-electron chi connectivity index (χ4n) is 4.52. The van der Waals surface area contributed by atoms with Gasteiger partial charge in [0, 0.05) is 49.7 Å². The molecule has 34 heavy (non-hydrogen) atoms. The smallest absolute Gasteiger partial charge is 0.251 e. The van der Waals surface area contributed by atoms with Crippen molar-refractivity contribution in [2.45, 2.75) is 32.5 Å². The summed E-state index contributed by atoms with van der Waals surface area (Å²) in [5, 5.41) is 13.1. The Balaban J connectivity index is 1.27. The number of pyridine rings is 1. The van der Waals surface area contributed by atoms with E-state index < -0.39 is 0 Å². The van der Waals surface area contributed by atoms with Gasteiger partial charge in [0.2, 0.25) is 0 Å². The Labute approximate surface area is 198 Å². The zero-order valence-corrected chi connectivity index (χ0v) is 19.4. The predicted molar refractivity (Wildman–Crippen MR) is 130 cm³/mol. The minimum absolute atomic E-state index is 0.163. The zero-order valence-electron chi connectivity index (χ0n) is 19.4. The topological polar surface area (TPSA) is 85.2 Å². The third-order valence-electron chi connectivity index (χ3n) is 6.34. The number of hydrogen-bond acceptors (Lipinski definition) is 6. The molecule has 0 bridgehead atoms. The number of carbonyl (C=O) groups is 1. The molecule has 174 valence electrons. The Morgan fingerprint density at radius 3 is 2.85 bits per heavy atom. The molecule has 1 aliphatic rings. The lowest BCUT2D eigenvalue weighted by Crippen LogP contribution is -2.30. The maximum atomic E-state index is 12.8. The largest absolute Gasteiger partial charge is 0.497 e. The van der Waals surface area contributed by atoms with Crippen molar-refractivity contribution in [1.82, 2.24) is 30.0 Å². The second-order valence-corrected chi connectivity index (χ2v) is 8.57. The molecule has 5 rings (SSSR count). The first-order valence-corrected chi connectivity index (χ1v) is 11.5. The number of methoxy groups -OCH3 is 1. The van der Waals surface area contributed by atoms with Gasteiger partial charge in [-0.1, -0.05) is 24.3 Å². The number of benzene rings is 2. The average Bonchev–Trinajstić information content (AvgIpc) is 3.18. The number of nitrogens with zero attached hydrogens (tertiary/aromatic N) is 5. The van der Waals surface area contributed by atoms with Crippen LogP contribution in [-0.2, 0) is 19.5 Å². The predicted octanol–water partition coefficient (Wildman–Crippen LogP) is 3.38. The number of aromatic nitrogens is 4. The molecular weight excluding hydrogens is 428 g/mol. The SMILES string of the molecule is COc1cccc(C(=O)NC(C)c2nnc3n2CCN(Cc2cccc4ncccc24)CC3)c1. The van der Waals surface area contributed by atoms with Crippen LogP contribution in [0.4, 0.5) is 0 Å². The third kappa shape index (κ3) is 4.49. The van der Waals surface area contributed by atoms with Crippen molar-refractivity contribution in [3.05, 3.63) is 83.6 Å². The average molecular weight is 457 g/mol. The van der Waals surface area contributed by atoms with Gasteiger partial charge in [-0.05, 0) is 42.8 Å². The molecule has 1 N–H and O–H groups in total. The van der Waals surface area contributed by atoms with E-state index in [4.69, 9.17) is 4.74 Å². The van der Waals surface area contributed by atoms with Gasteiger partial charge in [-0.15, -0.1) is 10.2 Å². The van der Waals surface area contributed by atoms with Crippen LogP contribution in [0, 0.1) is 0 Å². The fourth-order valence-corrected chi connectivity index (χ4v) is 4.52. The molecule has 0 spiro atoms. The Morgan fingerprint density at radius 1 is 1.09 bits per heavy atom. The van der Waals surface area contributed by atoms with E-state index in [1.807, 2.05) is 31.3 Å². The molecule has 1 unspecified atom stereocenters. The highest BCUT2D eigenvalue weighted by molar-refractivity contribution is 5.94. The monoisotopic (exact) mass is 456 g/mol. The number of carbonyl (C=O) groups excluding carboxylic acids is 1. The summed E-state index contributed by atoms with van der Waals surface area (Å²) in [6.45, 7) is 5.37. The van der Waals surface area contributed by atoms with Crippen LogP contribution in [0.3, 0.4) is 0 Å². The lowest BCUT2D eigenvalue weighted by atomic mass is 10.1. The van der Waals surface area contributed by atoms with E-state index in [0.29, 0.717) is 11.3 Å². The van der Waals surface area contributed by atoms with Crippen molar-refractivity contribution in [3.63, 3.8) is 0 Å². The van der Waals surface area contributed by atoms with Gasteiger partial charge in [-0.2, -0.15) is 0 Å². The van der Waals surface area contributed by atoms with Crippen LogP contribution in [0.15, 0.2) is 60.8 Å². The molecule has 0 aliphatic carbocycles. The van der Waals surface area contributed by atoms with E-state index in [0.717, 1.165) is 49.8 Å². The number of nitrogens with one attached hydrogen (secondary N) is 1. The molecule has 8 nitrogen and oxygen atoms in total. The van der Waals surface area contributed by atoms with Gasteiger partial charge in [-0.3, -0.25) is 14.7 Å². The molecule has 0 saturated heterocycles. The number of rotatable bonds is 6. The molecule has 1 atom stereocenters. The van der Waals surface area contributed by atoms with Gasteiger partial charge < -0.3 is 14.6 Å². The second-order valence-electron chi connectivity index (χ2n) is 8.57. The van der Waals surface area contributed by atoms with Gasteiger partial charge in [-0.25, -0.2) is 0 Å². The number of fused-ring (bicyclic) bond motifs is 2. The van der Waals surface area contributed by atoms with Crippen LogP contribution in [0.25, 0.3) is 10.9 Å². The van der Waals surface area contributed by atoms with E-state index in [9.17, 15) is 4.79 Å². The Morgan fingerprint density at radius 2 is 1.97 bits per heavy atom. The van der Waals surface area contributed by atoms with Crippen LogP contribution in [0.2, 0.25) is 0 Å². The zero-order chi connectivity index (χ0) is 23.5. The number of hydrogen-bond donors (Lipinski definition) is 1. The van der Waals surface area contributed by atoms with Crippen LogP contribution >= 0.6 is 0 Å². The van der Waals surface area contributed by atoms with Crippen molar-refractivity contribution in [2.75, 3.05) is 20.2 Å².